The van der Waals surface area contributed by atoms with E-state index in [0.717, 1.165) is 21.3 Å². The molecule has 1 heterocycles. The van der Waals surface area contributed by atoms with Gasteiger partial charge in [-0.3, -0.25) is 5.10 Å². The molecule has 1 aromatic heterocycles. The Morgan fingerprint density at radius 2 is 2.07 bits per heavy atom. The summed E-state index contributed by atoms with van der Waals surface area (Å²) in [4.78, 5) is 0. The molecule has 0 spiro atoms. The van der Waals surface area contributed by atoms with Crippen LogP contribution in [0, 0.1) is 6.92 Å². The van der Waals surface area contributed by atoms with Gasteiger partial charge in [-0.15, -0.1) is 0 Å². The second kappa shape index (κ2) is 3.46. The highest BCUT2D eigenvalue weighted by molar-refractivity contribution is 9.10. The molecule has 0 atom stereocenters. The number of hydrogen-bond donors (Lipinski definition) is 2. The van der Waals surface area contributed by atoms with Crippen LogP contribution in [0.2, 0.25) is 0 Å². The van der Waals surface area contributed by atoms with Crippen molar-refractivity contribution in [3.8, 4) is 11.3 Å². The number of aromatic amines is 1. The molecule has 2 rings (SSSR count). The van der Waals surface area contributed by atoms with Crippen molar-refractivity contribution in [2.75, 3.05) is 5.73 Å². The molecular weight excluding hydrogens is 242 g/mol. The Hall–Kier alpha value is -1.29. The summed E-state index contributed by atoms with van der Waals surface area (Å²) in [6, 6.07) is 7.97. The lowest BCUT2D eigenvalue weighted by Gasteiger charge is -2.01. The minimum absolute atomic E-state index is 0.552. The van der Waals surface area contributed by atoms with Crippen LogP contribution in [0.25, 0.3) is 11.3 Å². The summed E-state index contributed by atoms with van der Waals surface area (Å²) >= 11 is 3.49. The van der Waals surface area contributed by atoms with E-state index in [0.29, 0.717) is 5.82 Å². The van der Waals surface area contributed by atoms with Gasteiger partial charge in [-0.25, -0.2) is 0 Å². The van der Waals surface area contributed by atoms with Gasteiger partial charge in [0.15, 0.2) is 0 Å². The number of nitrogens with one attached hydrogen (secondary N) is 1. The summed E-state index contributed by atoms with van der Waals surface area (Å²) in [5.74, 6) is 0.552. The fraction of sp³-hybridized carbons (Fsp3) is 0.100. The summed E-state index contributed by atoms with van der Waals surface area (Å²) in [5.41, 5.74) is 8.70. The fourth-order valence-corrected chi connectivity index (χ4v) is 1.82. The van der Waals surface area contributed by atoms with Gasteiger partial charge in [0.25, 0.3) is 0 Å². The van der Waals surface area contributed by atoms with Crippen LogP contribution >= 0.6 is 15.9 Å². The van der Waals surface area contributed by atoms with Crippen molar-refractivity contribution >= 4 is 21.7 Å². The minimum atomic E-state index is 0.552. The van der Waals surface area contributed by atoms with E-state index in [1.165, 1.54) is 0 Å². The zero-order chi connectivity index (χ0) is 10.1. The lowest BCUT2D eigenvalue weighted by atomic mass is 10.1. The summed E-state index contributed by atoms with van der Waals surface area (Å²) in [7, 11) is 0. The highest BCUT2D eigenvalue weighted by atomic mass is 79.9. The predicted octanol–water partition coefficient (Wildman–Crippen LogP) is 2.73. The van der Waals surface area contributed by atoms with Crippen LogP contribution in [0.5, 0.6) is 0 Å². The van der Waals surface area contributed by atoms with Gasteiger partial charge in [0.2, 0.25) is 0 Å². The standard InChI is InChI=1S/C10H10BrN3/c1-6-9(13-14-10(6)12)7-4-2-3-5-8(7)11/h2-5H,1H3,(H3,12,13,14). The van der Waals surface area contributed by atoms with E-state index in [-0.39, 0.29) is 0 Å². The first-order valence-corrected chi connectivity index (χ1v) is 5.05. The van der Waals surface area contributed by atoms with Crippen molar-refractivity contribution in [3.63, 3.8) is 0 Å². The minimum Gasteiger partial charge on any atom is -0.382 e. The Bertz CT molecular complexity index is 462. The van der Waals surface area contributed by atoms with Crippen molar-refractivity contribution in [1.82, 2.24) is 10.2 Å². The normalized spacial score (nSPS) is 10.4. The summed E-state index contributed by atoms with van der Waals surface area (Å²) in [6.45, 7) is 1.95. The summed E-state index contributed by atoms with van der Waals surface area (Å²) in [5, 5.41) is 6.89. The number of aromatic nitrogens is 2. The topological polar surface area (TPSA) is 54.7 Å². The number of nitrogen functional groups attached to an aromatic ring is 1. The molecule has 1 aromatic carbocycles. The van der Waals surface area contributed by atoms with Crippen LogP contribution in [-0.2, 0) is 0 Å². The van der Waals surface area contributed by atoms with Gasteiger partial charge in [-0.05, 0) is 13.0 Å². The van der Waals surface area contributed by atoms with Crippen molar-refractivity contribution in [1.29, 1.82) is 0 Å². The Kier molecular flexibility index (Phi) is 2.29. The average molecular weight is 252 g/mol. The van der Waals surface area contributed by atoms with Gasteiger partial charge in [0.05, 0.1) is 5.69 Å². The zero-order valence-corrected chi connectivity index (χ0v) is 9.30. The second-order valence-electron chi connectivity index (χ2n) is 3.09. The van der Waals surface area contributed by atoms with Crippen molar-refractivity contribution in [2.45, 2.75) is 6.92 Å². The van der Waals surface area contributed by atoms with Crippen molar-refractivity contribution in [2.24, 2.45) is 0 Å². The number of rotatable bonds is 1. The molecule has 3 nitrogen and oxygen atoms in total. The first-order chi connectivity index (χ1) is 6.70. The maximum atomic E-state index is 5.67. The number of H-pyrrole nitrogens is 1. The highest BCUT2D eigenvalue weighted by Gasteiger charge is 2.09. The van der Waals surface area contributed by atoms with E-state index in [9.17, 15) is 0 Å². The number of halogens is 1. The molecule has 0 saturated carbocycles. The van der Waals surface area contributed by atoms with E-state index in [4.69, 9.17) is 5.73 Å². The lowest BCUT2D eigenvalue weighted by molar-refractivity contribution is 1.10. The maximum absolute atomic E-state index is 5.67. The Morgan fingerprint density at radius 1 is 1.36 bits per heavy atom. The quantitative estimate of drug-likeness (QED) is 0.819. The molecule has 0 saturated heterocycles. The van der Waals surface area contributed by atoms with Crippen LogP contribution in [0.4, 0.5) is 5.82 Å². The molecule has 2 aromatic rings. The molecule has 0 amide bonds. The summed E-state index contributed by atoms with van der Waals surface area (Å²) < 4.78 is 1.03. The fourth-order valence-electron chi connectivity index (χ4n) is 1.34. The van der Waals surface area contributed by atoms with E-state index in [1.54, 1.807) is 0 Å². The number of nitrogens with zero attached hydrogens (tertiary/aromatic N) is 1. The van der Waals surface area contributed by atoms with Crippen molar-refractivity contribution in [3.05, 3.63) is 34.3 Å². The third-order valence-corrected chi connectivity index (χ3v) is 2.88. The second-order valence-corrected chi connectivity index (χ2v) is 3.94. The number of nitrogens with two attached hydrogens (primary N) is 1. The molecule has 72 valence electrons. The SMILES string of the molecule is Cc1c(N)n[nH]c1-c1ccccc1Br. The van der Waals surface area contributed by atoms with Gasteiger partial charge in [-0.2, -0.15) is 5.10 Å². The smallest absolute Gasteiger partial charge is 0.148 e. The molecule has 0 aliphatic carbocycles. The molecule has 0 unspecified atom stereocenters. The van der Waals surface area contributed by atoms with Gasteiger partial charge < -0.3 is 5.73 Å². The molecule has 0 bridgehead atoms. The third-order valence-electron chi connectivity index (χ3n) is 2.19. The largest absolute Gasteiger partial charge is 0.382 e. The van der Waals surface area contributed by atoms with Crippen molar-refractivity contribution < 1.29 is 0 Å². The number of anilines is 1. The van der Waals surface area contributed by atoms with E-state index in [1.807, 2.05) is 31.2 Å². The van der Waals surface area contributed by atoms with Crippen LogP contribution < -0.4 is 5.73 Å². The molecule has 0 aliphatic heterocycles. The molecule has 0 aliphatic rings. The molecule has 0 radical (unpaired) electrons. The van der Waals surface area contributed by atoms with Crippen LogP contribution in [0.1, 0.15) is 5.56 Å². The molecule has 3 N–H and O–H groups in total. The van der Waals surface area contributed by atoms with Gasteiger partial charge in [0.1, 0.15) is 5.82 Å². The third kappa shape index (κ3) is 1.42. The van der Waals surface area contributed by atoms with E-state index in [2.05, 4.69) is 26.1 Å². The number of hydrogen-bond acceptors (Lipinski definition) is 2. The monoisotopic (exact) mass is 251 g/mol. The Morgan fingerprint density at radius 3 is 2.64 bits per heavy atom. The predicted molar refractivity (Wildman–Crippen MR) is 60.9 cm³/mol. The van der Waals surface area contributed by atoms with E-state index < -0.39 is 0 Å². The zero-order valence-electron chi connectivity index (χ0n) is 7.71. The Balaban J connectivity index is 2.60. The first kappa shape index (κ1) is 9.27. The molecule has 0 fully saturated rings. The average Bonchev–Trinajstić information content (AvgIpc) is 2.49. The maximum Gasteiger partial charge on any atom is 0.148 e. The van der Waals surface area contributed by atoms with Crippen LogP contribution in [0.3, 0.4) is 0 Å². The molecule has 4 heteroatoms. The summed E-state index contributed by atoms with van der Waals surface area (Å²) in [6.07, 6.45) is 0. The Labute approximate surface area is 90.5 Å². The van der Waals surface area contributed by atoms with E-state index >= 15 is 0 Å². The molecule has 14 heavy (non-hydrogen) atoms. The van der Waals surface area contributed by atoms with Crippen LogP contribution in [-0.4, -0.2) is 10.2 Å². The molecular formula is C10H10BrN3. The van der Waals surface area contributed by atoms with Gasteiger partial charge in [-0.1, -0.05) is 34.1 Å². The first-order valence-electron chi connectivity index (χ1n) is 4.25. The van der Waals surface area contributed by atoms with Gasteiger partial charge in [0, 0.05) is 15.6 Å². The van der Waals surface area contributed by atoms with Crippen LogP contribution in [0.15, 0.2) is 28.7 Å². The number of benzene rings is 1. The highest BCUT2D eigenvalue weighted by Crippen LogP contribution is 2.30. The van der Waals surface area contributed by atoms with Gasteiger partial charge >= 0.3 is 0 Å². The lowest BCUT2D eigenvalue weighted by Crippen LogP contribution is -1.86.